The van der Waals surface area contributed by atoms with Crippen LogP contribution in [0.2, 0.25) is 0 Å². The molecule has 0 aliphatic rings. The van der Waals surface area contributed by atoms with Crippen LogP contribution in [0.25, 0.3) is 10.8 Å². The molecule has 1 aromatic heterocycles. The Balaban J connectivity index is 1.71. The second-order valence-corrected chi connectivity index (χ2v) is 6.27. The van der Waals surface area contributed by atoms with Gasteiger partial charge in [-0.05, 0) is 37.4 Å². The molecule has 0 radical (unpaired) electrons. The van der Waals surface area contributed by atoms with Crippen LogP contribution in [0, 0.1) is 6.92 Å². The SMILES string of the molecule is Cc1ccc(C[NH+](C)[C@H](C)C(=O)Nc2cccc3ccccc23)o1. The minimum absolute atomic E-state index is 0.00660. The van der Waals surface area contributed by atoms with Crippen LogP contribution in [-0.4, -0.2) is 19.0 Å². The fourth-order valence-electron chi connectivity index (χ4n) is 2.81. The summed E-state index contributed by atoms with van der Waals surface area (Å²) in [5.74, 6) is 1.80. The summed E-state index contributed by atoms with van der Waals surface area (Å²) in [5.41, 5.74) is 0.853. The lowest BCUT2D eigenvalue weighted by Crippen LogP contribution is -3.12. The summed E-state index contributed by atoms with van der Waals surface area (Å²) < 4.78 is 5.61. The van der Waals surface area contributed by atoms with E-state index in [-0.39, 0.29) is 11.9 Å². The highest BCUT2D eigenvalue weighted by molar-refractivity contribution is 6.03. The van der Waals surface area contributed by atoms with Crippen LogP contribution in [0.4, 0.5) is 5.69 Å². The highest BCUT2D eigenvalue weighted by atomic mass is 16.3. The molecule has 3 rings (SSSR count). The van der Waals surface area contributed by atoms with Gasteiger partial charge in [0.05, 0.1) is 7.05 Å². The average molecular weight is 323 g/mol. The number of hydrogen-bond acceptors (Lipinski definition) is 2. The second-order valence-electron chi connectivity index (χ2n) is 6.27. The topological polar surface area (TPSA) is 46.7 Å². The summed E-state index contributed by atoms with van der Waals surface area (Å²) in [6, 6.07) is 17.7. The van der Waals surface area contributed by atoms with Crippen LogP contribution >= 0.6 is 0 Å². The molecular weight excluding hydrogens is 300 g/mol. The summed E-state index contributed by atoms with van der Waals surface area (Å²) in [6.07, 6.45) is 0. The Kier molecular flexibility index (Phi) is 4.67. The molecule has 4 heteroatoms. The van der Waals surface area contributed by atoms with Gasteiger partial charge >= 0.3 is 0 Å². The van der Waals surface area contributed by atoms with Crippen LogP contribution < -0.4 is 10.2 Å². The Labute approximate surface area is 142 Å². The summed E-state index contributed by atoms with van der Waals surface area (Å²) in [7, 11) is 2.01. The van der Waals surface area contributed by atoms with Crippen molar-refractivity contribution in [2.75, 3.05) is 12.4 Å². The third-order valence-electron chi connectivity index (χ3n) is 4.43. The number of hydrogen-bond donors (Lipinski definition) is 2. The van der Waals surface area contributed by atoms with Crippen molar-refractivity contribution in [2.24, 2.45) is 0 Å². The van der Waals surface area contributed by atoms with E-state index in [2.05, 4.69) is 5.32 Å². The molecule has 4 nitrogen and oxygen atoms in total. The number of nitrogens with one attached hydrogen (secondary N) is 2. The molecule has 1 amide bonds. The van der Waals surface area contributed by atoms with Gasteiger partial charge in [-0.3, -0.25) is 4.79 Å². The Morgan fingerprint density at radius 1 is 1.12 bits per heavy atom. The maximum absolute atomic E-state index is 12.6. The van der Waals surface area contributed by atoms with E-state index in [0.717, 1.165) is 32.9 Å². The highest BCUT2D eigenvalue weighted by Crippen LogP contribution is 2.22. The molecule has 0 saturated heterocycles. The molecular formula is C20H23N2O2+. The number of rotatable bonds is 5. The monoisotopic (exact) mass is 323 g/mol. The van der Waals surface area contributed by atoms with Crippen molar-refractivity contribution in [3.8, 4) is 0 Å². The fourth-order valence-corrected chi connectivity index (χ4v) is 2.81. The molecule has 0 aliphatic carbocycles. The second kappa shape index (κ2) is 6.89. The molecule has 0 bridgehead atoms. The number of quaternary nitrogens is 1. The molecule has 0 aliphatic heterocycles. The zero-order valence-electron chi connectivity index (χ0n) is 14.3. The van der Waals surface area contributed by atoms with Crippen LogP contribution in [0.3, 0.4) is 0 Å². The molecule has 2 atom stereocenters. The molecule has 24 heavy (non-hydrogen) atoms. The number of benzene rings is 2. The first-order valence-electron chi connectivity index (χ1n) is 8.21. The Bertz CT molecular complexity index is 848. The van der Waals surface area contributed by atoms with Gasteiger partial charge < -0.3 is 14.6 Å². The van der Waals surface area contributed by atoms with E-state index in [1.807, 2.05) is 75.5 Å². The normalized spacial score (nSPS) is 13.6. The lowest BCUT2D eigenvalue weighted by Gasteiger charge is -2.20. The van der Waals surface area contributed by atoms with Crippen LogP contribution in [0.1, 0.15) is 18.4 Å². The molecule has 2 aromatic carbocycles. The number of fused-ring (bicyclic) bond motifs is 1. The molecule has 124 valence electrons. The first kappa shape index (κ1) is 16.3. The Morgan fingerprint density at radius 3 is 2.62 bits per heavy atom. The van der Waals surface area contributed by atoms with Gasteiger partial charge in [-0.1, -0.05) is 36.4 Å². The maximum Gasteiger partial charge on any atom is 0.282 e. The predicted molar refractivity (Wildman–Crippen MR) is 96.1 cm³/mol. The van der Waals surface area contributed by atoms with E-state index in [9.17, 15) is 4.79 Å². The zero-order valence-corrected chi connectivity index (χ0v) is 14.3. The number of furan rings is 1. The molecule has 0 fully saturated rings. The standard InChI is InChI=1S/C20H22N2O2/c1-14-11-12-17(24-14)13-22(3)15(2)20(23)21-19-10-6-8-16-7-4-5-9-18(16)19/h4-12,15H,13H2,1-3H3,(H,21,23)/p+1/t15-/m1/s1. The van der Waals surface area contributed by atoms with E-state index in [1.165, 1.54) is 0 Å². The van der Waals surface area contributed by atoms with E-state index in [0.29, 0.717) is 6.54 Å². The van der Waals surface area contributed by atoms with E-state index in [1.54, 1.807) is 0 Å². The number of aryl methyl sites for hydroxylation is 1. The average Bonchev–Trinajstić information content (AvgIpc) is 2.99. The Hall–Kier alpha value is -2.59. The molecule has 1 heterocycles. The van der Waals surface area contributed by atoms with Crippen LogP contribution in [0.15, 0.2) is 59.0 Å². The quantitative estimate of drug-likeness (QED) is 0.758. The minimum atomic E-state index is -0.186. The van der Waals surface area contributed by atoms with Gasteiger partial charge in [-0.2, -0.15) is 0 Å². The molecule has 3 aromatic rings. The van der Waals surface area contributed by atoms with Gasteiger partial charge in [0, 0.05) is 11.1 Å². The fraction of sp³-hybridized carbons (Fsp3) is 0.250. The highest BCUT2D eigenvalue weighted by Gasteiger charge is 2.23. The van der Waals surface area contributed by atoms with Crippen LogP contribution in [0.5, 0.6) is 0 Å². The van der Waals surface area contributed by atoms with E-state index in [4.69, 9.17) is 4.42 Å². The first-order chi connectivity index (χ1) is 11.5. The zero-order chi connectivity index (χ0) is 17.1. The summed E-state index contributed by atoms with van der Waals surface area (Å²) in [6.45, 7) is 4.54. The first-order valence-corrected chi connectivity index (χ1v) is 8.21. The van der Waals surface area contributed by atoms with Gasteiger partial charge in [-0.15, -0.1) is 0 Å². The largest absolute Gasteiger partial charge is 0.460 e. The van der Waals surface area contributed by atoms with Gasteiger partial charge in [0.2, 0.25) is 0 Å². The number of anilines is 1. The van der Waals surface area contributed by atoms with Crippen LogP contribution in [-0.2, 0) is 11.3 Å². The van der Waals surface area contributed by atoms with Crippen molar-refractivity contribution >= 4 is 22.4 Å². The van der Waals surface area contributed by atoms with Crippen molar-refractivity contribution in [3.05, 3.63) is 66.1 Å². The minimum Gasteiger partial charge on any atom is -0.460 e. The molecule has 0 spiro atoms. The summed E-state index contributed by atoms with van der Waals surface area (Å²) >= 11 is 0. The van der Waals surface area contributed by atoms with E-state index >= 15 is 0 Å². The van der Waals surface area contributed by atoms with Gasteiger partial charge in [0.25, 0.3) is 5.91 Å². The molecule has 0 saturated carbocycles. The van der Waals surface area contributed by atoms with Crippen molar-refractivity contribution in [2.45, 2.75) is 26.4 Å². The molecule has 1 unspecified atom stereocenters. The summed E-state index contributed by atoms with van der Waals surface area (Å²) in [5, 5.41) is 5.24. The van der Waals surface area contributed by atoms with Crippen molar-refractivity contribution in [1.29, 1.82) is 0 Å². The van der Waals surface area contributed by atoms with Gasteiger partial charge in [0.1, 0.15) is 12.3 Å². The van der Waals surface area contributed by atoms with E-state index < -0.39 is 0 Å². The number of amides is 1. The third kappa shape index (κ3) is 3.49. The lowest BCUT2D eigenvalue weighted by molar-refractivity contribution is -0.908. The smallest absolute Gasteiger partial charge is 0.282 e. The number of carbonyl (C=O) groups excluding carboxylic acids is 1. The number of carbonyl (C=O) groups is 1. The summed E-state index contributed by atoms with van der Waals surface area (Å²) in [4.78, 5) is 13.7. The third-order valence-corrected chi connectivity index (χ3v) is 4.43. The van der Waals surface area contributed by atoms with Crippen molar-refractivity contribution < 1.29 is 14.1 Å². The molecule has 2 N–H and O–H groups in total. The number of likely N-dealkylation sites (N-methyl/N-ethyl adjacent to an activating group) is 1. The lowest BCUT2D eigenvalue weighted by atomic mass is 10.1. The van der Waals surface area contributed by atoms with Gasteiger partial charge in [-0.25, -0.2) is 0 Å². The van der Waals surface area contributed by atoms with Crippen molar-refractivity contribution in [3.63, 3.8) is 0 Å². The van der Waals surface area contributed by atoms with Gasteiger partial charge in [0.15, 0.2) is 11.8 Å². The predicted octanol–water partition coefficient (Wildman–Crippen LogP) is 2.78. The Morgan fingerprint density at radius 2 is 1.88 bits per heavy atom. The maximum atomic E-state index is 12.6. The van der Waals surface area contributed by atoms with Crippen molar-refractivity contribution in [1.82, 2.24) is 0 Å².